The first-order chi connectivity index (χ1) is 7.90. The van der Waals surface area contributed by atoms with Gasteiger partial charge in [-0.1, -0.05) is 0 Å². The van der Waals surface area contributed by atoms with E-state index in [0.717, 1.165) is 5.39 Å². The molecule has 0 bridgehead atoms. The Bertz CT molecular complexity index is 641. The third-order valence-corrected chi connectivity index (χ3v) is 4.90. The van der Waals surface area contributed by atoms with Crippen LogP contribution in [0.2, 0.25) is 0 Å². The lowest BCUT2D eigenvalue weighted by Gasteiger charge is -2.06. The maximum atomic E-state index is 11.9. The van der Waals surface area contributed by atoms with Crippen LogP contribution < -0.4 is 5.73 Å². The minimum absolute atomic E-state index is 0.0128. The van der Waals surface area contributed by atoms with Crippen LogP contribution in [0.1, 0.15) is 19.4 Å². The maximum Gasteiger partial charge on any atom is 0.156 e. The van der Waals surface area contributed by atoms with Crippen LogP contribution in [-0.4, -0.2) is 13.7 Å². The van der Waals surface area contributed by atoms with Gasteiger partial charge in [-0.05, 0) is 32.0 Å². The molecule has 17 heavy (non-hydrogen) atoms. The molecule has 0 fully saturated rings. The Hall–Kier alpha value is -1.49. The van der Waals surface area contributed by atoms with E-state index in [9.17, 15) is 8.42 Å². The lowest BCUT2D eigenvalue weighted by molar-refractivity contribution is 0.584. The van der Waals surface area contributed by atoms with Gasteiger partial charge in [0.25, 0.3) is 0 Å². The van der Waals surface area contributed by atoms with Gasteiger partial charge < -0.3 is 10.2 Å². The summed E-state index contributed by atoms with van der Waals surface area (Å²) in [6, 6.07) is 5.22. The van der Waals surface area contributed by atoms with Gasteiger partial charge in [0.15, 0.2) is 9.84 Å². The van der Waals surface area contributed by atoms with E-state index in [2.05, 4.69) is 0 Å². The van der Waals surface area contributed by atoms with Crippen molar-refractivity contribution in [2.75, 3.05) is 5.73 Å². The van der Waals surface area contributed by atoms with Crippen LogP contribution in [0.5, 0.6) is 0 Å². The van der Waals surface area contributed by atoms with Crippen LogP contribution in [0, 0.1) is 0 Å². The number of rotatable bonds is 3. The van der Waals surface area contributed by atoms with Crippen LogP contribution >= 0.6 is 0 Å². The van der Waals surface area contributed by atoms with Gasteiger partial charge in [0.05, 0.1) is 17.3 Å². The zero-order valence-corrected chi connectivity index (χ0v) is 10.6. The van der Waals surface area contributed by atoms with E-state index >= 15 is 0 Å². The molecule has 0 atom stereocenters. The van der Waals surface area contributed by atoms with Crippen LogP contribution in [0.25, 0.3) is 11.0 Å². The number of hydrogen-bond acceptors (Lipinski definition) is 4. The first-order valence-electron chi connectivity index (χ1n) is 5.37. The number of benzene rings is 1. The Labute approximate surface area is 100 Å². The zero-order chi connectivity index (χ0) is 12.6. The van der Waals surface area contributed by atoms with Crippen molar-refractivity contribution in [1.82, 2.24) is 0 Å². The van der Waals surface area contributed by atoms with Crippen molar-refractivity contribution in [3.8, 4) is 0 Å². The number of furan rings is 1. The van der Waals surface area contributed by atoms with Crippen molar-refractivity contribution < 1.29 is 12.8 Å². The third kappa shape index (κ3) is 2.29. The topological polar surface area (TPSA) is 73.3 Å². The highest BCUT2D eigenvalue weighted by Crippen LogP contribution is 2.25. The molecule has 1 heterocycles. The van der Waals surface area contributed by atoms with E-state index in [1.165, 1.54) is 6.26 Å². The predicted molar refractivity (Wildman–Crippen MR) is 68.4 cm³/mol. The number of hydrogen-bond donors (Lipinski definition) is 1. The molecular formula is C12H15NO3S. The second-order valence-corrected chi connectivity index (χ2v) is 6.93. The summed E-state index contributed by atoms with van der Waals surface area (Å²) >= 11 is 0. The Morgan fingerprint density at radius 3 is 2.71 bits per heavy atom. The summed E-state index contributed by atoms with van der Waals surface area (Å²) in [5, 5.41) is 0.378. The number of nitrogens with two attached hydrogens (primary N) is 1. The molecule has 92 valence electrons. The highest BCUT2D eigenvalue weighted by atomic mass is 32.2. The molecule has 5 heteroatoms. The molecular weight excluding hydrogens is 238 g/mol. The summed E-state index contributed by atoms with van der Waals surface area (Å²) in [7, 11) is -3.13. The molecule has 2 rings (SSSR count). The molecule has 0 radical (unpaired) electrons. The van der Waals surface area contributed by atoms with Gasteiger partial charge in [-0.3, -0.25) is 0 Å². The Morgan fingerprint density at radius 1 is 1.35 bits per heavy atom. The largest absolute Gasteiger partial charge is 0.464 e. The maximum absolute atomic E-state index is 11.9. The van der Waals surface area contributed by atoms with Gasteiger partial charge in [0, 0.05) is 16.6 Å². The predicted octanol–water partition coefficient (Wildman–Crippen LogP) is 2.34. The zero-order valence-electron chi connectivity index (χ0n) is 9.80. The van der Waals surface area contributed by atoms with E-state index in [1.807, 2.05) is 0 Å². The average molecular weight is 253 g/mol. The van der Waals surface area contributed by atoms with Crippen molar-refractivity contribution in [2.24, 2.45) is 0 Å². The number of anilines is 1. The normalized spacial score (nSPS) is 12.4. The molecule has 0 saturated heterocycles. The van der Waals surface area contributed by atoms with Gasteiger partial charge in [-0.25, -0.2) is 8.42 Å². The molecule has 0 aliphatic heterocycles. The molecule has 0 amide bonds. The molecule has 2 aromatic rings. The summed E-state index contributed by atoms with van der Waals surface area (Å²) in [4.78, 5) is 0. The SMILES string of the molecule is CC(C)S(=O)(=O)Cc1coc2ccc(N)cc12. The van der Waals surface area contributed by atoms with Crippen molar-refractivity contribution in [3.05, 3.63) is 30.0 Å². The fourth-order valence-electron chi connectivity index (χ4n) is 1.59. The monoisotopic (exact) mass is 253 g/mol. The lowest BCUT2D eigenvalue weighted by Crippen LogP contribution is -2.15. The highest BCUT2D eigenvalue weighted by molar-refractivity contribution is 7.91. The minimum atomic E-state index is -3.13. The van der Waals surface area contributed by atoms with Gasteiger partial charge in [0.2, 0.25) is 0 Å². The molecule has 0 saturated carbocycles. The van der Waals surface area contributed by atoms with Crippen LogP contribution in [0.15, 0.2) is 28.9 Å². The average Bonchev–Trinajstić information content (AvgIpc) is 2.60. The van der Waals surface area contributed by atoms with Gasteiger partial charge >= 0.3 is 0 Å². The number of sulfone groups is 1. The molecule has 1 aromatic carbocycles. The first-order valence-corrected chi connectivity index (χ1v) is 7.09. The van der Waals surface area contributed by atoms with Crippen molar-refractivity contribution in [3.63, 3.8) is 0 Å². The summed E-state index contributed by atoms with van der Waals surface area (Å²) in [6.07, 6.45) is 1.49. The number of nitrogen functional groups attached to an aromatic ring is 1. The molecule has 0 aliphatic carbocycles. The molecule has 0 spiro atoms. The fourth-order valence-corrected chi connectivity index (χ4v) is 2.58. The van der Waals surface area contributed by atoms with Crippen LogP contribution in [0.3, 0.4) is 0 Å². The molecule has 1 aromatic heterocycles. The van der Waals surface area contributed by atoms with E-state index in [-0.39, 0.29) is 5.75 Å². The smallest absolute Gasteiger partial charge is 0.156 e. The van der Waals surface area contributed by atoms with Gasteiger partial charge in [-0.15, -0.1) is 0 Å². The summed E-state index contributed by atoms with van der Waals surface area (Å²) in [5.41, 5.74) is 7.61. The molecule has 0 unspecified atom stereocenters. The van der Waals surface area contributed by atoms with Crippen molar-refractivity contribution >= 4 is 26.5 Å². The van der Waals surface area contributed by atoms with E-state index < -0.39 is 15.1 Å². The highest BCUT2D eigenvalue weighted by Gasteiger charge is 2.19. The van der Waals surface area contributed by atoms with Gasteiger partial charge in [-0.2, -0.15) is 0 Å². The third-order valence-electron chi connectivity index (χ3n) is 2.75. The lowest BCUT2D eigenvalue weighted by atomic mass is 10.2. The summed E-state index contributed by atoms with van der Waals surface area (Å²) < 4.78 is 29.0. The van der Waals surface area contributed by atoms with Crippen molar-refractivity contribution in [2.45, 2.75) is 24.9 Å². The quantitative estimate of drug-likeness (QED) is 0.852. The van der Waals surface area contributed by atoms with E-state index in [1.54, 1.807) is 32.0 Å². The van der Waals surface area contributed by atoms with Crippen molar-refractivity contribution in [1.29, 1.82) is 0 Å². The Kier molecular flexibility index (Phi) is 2.87. The van der Waals surface area contributed by atoms with Gasteiger partial charge in [0.1, 0.15) is 5.58 Å². The standard InChI is InChI=1S/C12H15NO3S/c1-8(2)17(14,15)7-9-6-16-12-4-3-10(13)5-11(9)12/h3-6,8H,7,13H2,1-2H3. The number of fused-ring (bicyclic) bond motifs is 1. The summed E-state index contributed by atoms with van der Waals surface area (Å²) in [5.74, 6) is -0.0128. The Balaban J connectivity index is 2.47. The molecule has 2 N–H and O–H groups in total. The molecule has 0 aliphatic rings. The van der Waals surface area contributed by atoms with Crippen LogP contribution in [-0.2, 0) is 15.6 Å². The second-order valence-electron chi connectivity index (χ2n) is 4.37. The van der Waals surface area contributed by atoms with E-state index in [0.29, 0.717) is 16.8 Å². The fraction of sp³-hybridized carbons (Fsp3) is 0.333. The summed E-state index contributed by atoms with van der Waals surface area (Å²) in [6.45, 7) is 3.35. The first kappa shape index (κ1) is 12.0. The second kappa shape index (κ2) is 4.07. The molecule has 4 nitrogen and oxygen atoms in total. The van der Waals surface area contributed by atoms with Crippen LogP contribution in [0.4, 0.5) is 5.69 Å². The Morgan fingerprint density at radius 2 is 2.06 bits per heavy atom. The minimum Gasteiger partial charge on any atom is -0.464 e. The van der Waals surface area contributed by atoms with E-state index in [4.69, 9.17) is 10.2 Å².